The van der Waals surface area contributed by atoms with E-state index in [2.05, 4.69) is 36.3 Å². The van der Waals surface area contributed by atoms with E-state index >= 15 is 0 Å². The van der Waals surface area contributed by atoms with E-state index in [9.17, 15) is 4.79 Å². The van der Waals surface area contributed by atoms with E-state index in [-0.39, 0.29) is 5.41 Å². The number of carbonyl (C=O) groups is 1. The maximum Gasteiger partial charge on any atom is 0.140 e. The Balaban J connectivity index is 2.07. The van der Waals surface area contributed by atoms with Crippen LogP contribution in [0.1, 0.15) is 27.2 Å². The summed E-state index contributed by atoms with van der Waals surface area (Å²) in [6.07, 6.45) is 11.6. The van der Waals surface area contributed by atoms with Gasteiger partial charge in [-0.3, -0.25) is 4.79 Å². The summed E-state index contributed by atoms with van der Waals surface area (Å²) in [5.74, 6) is 0.731. The minimum Gasteiger partial charge on any atom is -0.370 e. The first kappa shape index (κ1) is 12.2. The van der Waals surface area contributed by atoms with E-state index in [1.807, 2.05) is 13.0 Å². The van der Waals surface area contributed by atoms with Crippen molar-refractivity contribution in [1.82, 2.24) is 4.90 Å². The third-order valence-corrected chi connectivity index (χ3v) is 3.98. The molecule has 0 aromatic rings. The monoisotopic (exact) mass is 231 g/mol. The van der Waals surface area contributed by atoms with Crippen LogP contribution in [0.25, 0.3) is 0 Å². The molecule has 0 bridgehead atoms. The van der Waals surface area contributed by atoms with E-state index in [0.717, 1.165) is 19.5 Å². The number of allylic oxidation sites excluding steroid dienone is 3. The van der Waals surface area contributed by atoms with Gasteiger partial charge in [-0.05, 0) is 45.4 Å². The Morgan fingerprint density at radius 2 is 2.24 bits per heavy atom. The summed E-state index contributed by atoms with van der Waals surface area (Å²) in [5, 5.41) is 0. The molecule has 1 aliphatic heterocycles. The smallest absolute Gasteiger partial charge is 0.140 e. The predicted molar refractivity (Wildman–Crippen MR) is 70.5 cm³/mol. The highest BCUT2D eigenvalue weighted by molar-refractivity contribution is 5.88. The number of Topliss-reactive ketones (excluding diaryl/α,β-unsaturated/α-hetero) is 1. The van der Waals surface area contributed by atoms with Gasteiger partial charge in [-0.2, -0.15) is 0 Å². The van der Waals surface area contributed by atoms with E-state index in [1.54, 1.807) is 6.92 Å². The molecule has 0 N–H and O–H groups in total. The van der Waals surface area contributed by atoms with E-state index in [1.165, 1.54) is 5.57 Å². The van der Waals surface area contributed by atoms with Crippen molar-refractivity contribution in [2.75, 3.05) is 13.1 Å². The minimum atomic E-state index is -0.189. The van der Waals surface area contributed by atoms with Gasteiger partial charge in [-0.25, -0.2) is 0 Å². The van der Waals surface area contributed by atoms with Crippen molar-refractivity contribution in [3.63, 3.8) is 0 Å². The van der Waals surface area contributed by atoms with Crippen molar-refractivity contribution < 1.29 is 4.79 Å². The molecule has 1 heterocycles. The van der Waals surface area contributed by atoms with Crippen LogP contribution >= 0.6 is 0 Å². The molecule has 0 saturated heterocycles. The van der Waals surface area contributed by atoms with Crippen LogP contribution in [0.5, 0.6) is 0 Å². The van der Waals surface area contributed by atoms with E-state index in [4.69, 9.17) is 0 Å². The van der Waals surface area contributed by atoms with Gasteiger partial charge in [0.15, 0.2) is 0 Å². The molecule has 0 aromatic carbocycles. The van der Waals surface area contributed by atoms with Gasteiger partial charge in [0, 0.05) is 13.1 Å². The van der Waals surface area contributed by atoms with Crippen LogP contribution in [-0.4, -0.2) is 23.8 Å². The molecule has 2 heteroatoms. The van der Waals surface area contributed by atoms with E-state index < -0.39 is 0 Å². The van der Waals surface area contributed by atoms with Crippen molar-refractivity contribution in [3.8, 4) is 0 Å². The summed E-state index contributed by atoms with van der Waals surface area (Å²) < 4.78 is 0. The van der Waals surface area contributed by atoms with Gasteiger partial charge in [0.1, 0.15) is 5.78 Å². The number of carbonyl (C=O) groups excluding carboxylic acids is 1. The summed E-state index contributed by atoms with van der Waals surface area (Å²) in [6.45, 7) is 7.81. The van der Waals surface area contributed by atoms with Gasteiger partial charge in [0.2, 0.25) is 0 Å². The molecule has 2 rings (SSSR count). The number of hydrogen-bond donors (Lipinski definition) is 0. The van der Waals surface area contributed by atoms with Crippen molar-refractivity contribution >= 4 is 5.78 Å². The topological polar surface area (TPSA) is 20.3 Å². The molecule has 1 fully saturated rings. The molecule has 0 amide bonds. The molecule has 0 radical (unpaired) electrons. The Labute approximate surface area is 104 Å². The van der Waals surface area contributed by atoms with Crippen LogP contribution in [0.15, 0.2) is 36.1 Å². The zero-order chi connectivity index (χ0) is 12.5. The molecule has 2 aliphatic rings. The van der Waals surface area contributed by atoms with Crippen LogP contribution in [0, 0.1) is 11.3 Å². The Morgan fingerprint density at radius 1 is 1.53 bits per heavy atom. The van der Waals surface area contributed by atoms with Crippen molar-refractivity contribution in [3.05, 3.63) is 36.1 Å². The van der Waals surface area contributed by atoms with Crippen molar-refractivity contribution in [1.29, 1.82) is 0 Å². The van der Waals surface area contributed by atoms with Gasteiger partial charge in [-0.1, -0.05) is 23.8 Å². The molecule has 2 atom stereocenters. The average molecular weight is 231 g/mol. The normalized spacial score (nSPS) is 31.8. The Hall–Kier alpha value is -1.31. The van der Waals surface area contributed by atoms with Gasteiger partial charge < -0.3 is 4.90 Å². The van der Waals surface area contributed by atoms with Gasteiger partial charge >= 0.3 is 0 Å². The summed E-state index contributed by atoms with van der Waals surface area (Å²) in [7, 11) is 0. The quantitative estimate of drug-likeness (QED) is 0.678. The maximum atomic E-state index is 11.8. The predicted octanol–water partition coefficient (Wildman–Crippen LogP) is 2.93. The van der Waals surface area contributed by atoms with Crippen LogP contribution < -0.4 is 0 Å². The number of rotatable bonds is 5. The number of nitrogens with zero attached hydrogens (tertiary/aromatic N) is 1. The van der Waals surface area contributed by atoms with Crippen LogP contribution in [0.4, 0.5) is 0 Å². The second-order valence-corrected chi connectivity index (χ2v) is 5.03. The lowest BCUT2D eigenvalue weighted by atomic mass is 9.94. The summed E-state index contributed by atoms with van der Waals surface area (Å²) in [6, 6.07) is 0. The molecule has 1 saturated carbocycles. The SMILES string of the molecule is C/C=C(\CN1C=CC1)C1CC1(/C=C/C)C(C)=O. The molecule has 2 nitrogen and oxygen atoms in total. The average Bonchev–Trinajstić information content (AvgIpc) is 2.93. The fourth-order valence-corrected chi connectivity index (χ4v) is 2.74. The first-order chi connectivity index (χ1) is 8.14. The highest BCUT2D eigenvalue weighted by Gasteiger charge is 2.57. The fraction of sp³-hybridized carbons (Fsp3) is 0.533. The van der Waals surface area contributed by atoms with Crippen LogP contribution in [-0.2, 0) is 4.79 Å². The van der Waals surface area contributed by atoms with Crippen LogP contribution in [0.2, 0.25) is 0 Å². The van der Waals surface area contributed by atoms with Crippen LogP contribution in [0.3, 0.4) is 0 Å². The molecular formula is C15H21NO. The van der Waals surface area contributed by atoms with Crippen molar-refractivity contribution in [2.24, 2.45) is 11.3 Å². The highest BCUT2D eigenvalue weighted by Crippen LogP contribution is 2.58. The lowest BCUT2D eigenvalue weighted by Crippen LogP contribution is -2.28. The maximum absolute atomic E-state index is 11.8. The van der Waals surface area contributed by atoms with Crippen molar-refractivity contribution in [2.45, 2.75) is 27.2 Å². The molecule has 0 aromatic heterocycles. The summed E-state index contributed by atoms with van der Waals surface area (Å²) >= 11 is 0. The summed E-state index contributed by atoms with van der Waals surface area (Å²) in [4.78, 5) is 14.1. The molecule has 1 aliphatic carbocycles. The lowest BCUT2D eigenvalue weighted by Gasteiger charge is -2.27. The third kappa shape index (κ3) is 2.08. The molecule has 2 unspecified atom stereocenters. The van der Waals surface area contributed by atoms with Gasteiger partial charge in [-0.15, -0.1) is 0 Å². The lowest BCUT2D eigenvalue weighted by molar-refractivity contribution is -0.120. The van der Waals surface area contributed by atoms with Gasteiger partial charge in [0.25, 0.3) is 0 Å². The summed E-state index contributed by atoms with van der Waals surface area (Å²) in [5.41, 5.74) is 1.22. The second kappa shape index (κ2) is 4.52. The first-order valence-corrected chi connectivity index (χ1v) is 6.34. The molecule has 17 heavy (non-hydrogen) atoms. The minimum absolute atomic E-state index is 0.189. The third-order valence-electron chi connectivity index (χ3n) is 3.98. The standard InChI is InChI=1S/C15H21NO/c1-4-7-15(12(3)17)10-14(15)13(5-2)11-16-8-6-9-16/h4-8,14H,9-11H2,1-3H3/b7-4+,13-5+. The Kier molecular flexibility index (Phi) is 3.23. The Bertz CT molecular complexity index is 405. The highest BCUT2D eigenvalue weighted by atomic mass is 16.1. The molecular weight excluding hydrogens is 210 g/mol. The number of ketones is 1. The first-order valence-electron chi connectivity index (χ1n) is 6.34. The number of hydrogen-bond acceptors (Lipinski definition) is 2. The second-order valence-electron chi connectivity index (χ2n) is 5.03. The largest absolute Gasteiger partial charge is 0.370 e. The Morgan fingerprint density at radius 3 is 2.65 bits per heavy atom. The van der Waals surface area contributed by atoms with Gasteiger partial charge in [0.05, 0.1) is 5.41 Å². The zero-order valence-corrected chi connectivity index (χ0v) is 10.9. The van der Waals surface area contributed by atoms with E-state index in [0.29, 0.717) is 11.7 Å². The molecule has 0 spiro atoms. The zero-order valence-electron chi connectivity index (χ0n) is 10.9. The fourth-order valence-electron chi connectivity index (χ4n) is 2.74. The molecule has 92 valence electrons.